The van der Waals surface area contributed by atoms with Crippen LogP contribution in [0.25, 0.3) is 17.2 Å². The first-order valence-corrected chi connectivity index (χ1v) is 7.74. The summed E-state index contributed by atoms with van der Waals surface area (Å²) in [4.78, 5) is 11.2. The van der Waals surface area contributed by atoms with Crippen molar-refractivity contribution in [3.8, 4) is 16.9 Å². The van der Waals surface area contributed by atoms with E-state index < -0.39 is 29.6 Å². The van der Waals surface area contributed by atoms with Gasteiger partial charge in [-0.1, -0.05) is 17.7 Å². The number of benzene rings is 2. The van der Waals surface area contributed by atoms with E-state index in [1.54, 1.807) is 0 Å². The van der Waals surface area contributed by atoms with Crippen LogP contribution in [0, 0.1) is 12.7 Å². The van der Waals surface area contributed by atoms with Gasteiger partial charge in [-0.25, -0.2) is 9.18 Å². The number of aryl methyl sites for hydroxylation is 1. The van der Waals surface area contributed by atoms with E-state index in [-0.39, 0.29) is 21.9 Å². The Bertz CT molecular complexity index is 935. The molecule has 1 atom stereocenters. The second kappa shape index (κ2) is 6.32. The molecule has 3 rings (SSSR count). The lowest BCUT2D eigenvalue weighted by atomic mass is 9.95. The fraction of sp³-hybridized carbons (Fsp3) is 0.167. The zero-order valence-corrected chi connectivity index (χ0v) is 14.0. The summed E-state index contributed by atoms with van der Waals surface area (Å²) in [5.74, 6) is -2.36. The van der Waals surface area contributed by atoms with Crippen molar-refractivity contribution in [2.45, 2.75) is 19.2 Å². The number of ether oxygens (including phenoxy) is 1. The van der Waals surface area contributed by atoms with E-state index in [1.165, 1.54) is 37.3 Å². The van der Waals surface area contributed by atoms with E-state index in [1.807, 2.05) is 0 Å². The molecule has 0 aliphatic carbocycles. The third-order valence-corrected chi connectivity index (χ3v) is 4.14. The molecule has 0 spiro atoms. The number of hydrogen-bond donors (Lipinski definition) is 1. The Kier molecular flexibility index (Phi) is 4.44. The third-order valence-electron chi connectivity index (χ3n) is 3.92. The Balaban J connectivity index is 2.24. The van der Waals surface area contributed by atoms with Gasteiger partial charge in [-0.15, -0.1) is 0 Å². The minimum absolute atomic E-state index is 0.104. The van der Waals surface area contributed by atoms with Gasteiger partial charge in [0, 0.05) is 16.1 Å². The molecule has 2 aromatic rings. The van der Waals surface area contributed by atoms with E-state index >= 15 is 0 Å². The first-order chi connectivity index (χ1) is 12.1. The highest BCUT2D eigenvalue weighted by Gasteiger charge is 2.48. The SMILES string of the molecule is Cc1cc(-c2cc(Cl)cc3c2OC(C(F)(F)F)C(C(=O)O)=C3)ccc1F. The van der Waals surface area contributed by atoms with Crippen LogP contribution in [0.2, 0.25) is 5.02 Å². The van der Waals surface area contributed by atoms with Crippen LogP contribution in [0.3, 0.4) is 0 Å². The molecule has 2 aromatic carbocycles. The molecule has 0 saturated heterocycles. The van der Waals surface area contributed by atoms with Crippen LogP contribution in [0.1, 0.15) is 11.1 Å². The van der Waals surface area contributed by atoms with Crippen LogP contribution in [-0.4, -0.2) is 23.4 Å². The van der Waals surface area contributed by atoms with E-state index in [2.05, 4.69) is 0 Å². The lowest BCUT2D eigenvalue weighted by Crippen LogP contribution is -2.40. The van der Waals surface area contributed by atoms with Gasteiger partial charge < -0.3 is 9.84 Å². The summed E-state index contributed by atoms with van der Waals surface area (Å²) < 4.78 is 58.4. The first kappa shape index (κ1) is 18.3. The number of carboxylic acids is 1. The van der Waals surface area contributed by atoms with Gasteiger partial charge >= 0.3 is 12.1 Å². The molecular weight excluding hydrogens is 376 g/mol. The molecule has 136 valence electrons. The summed E-state index contributed by atoms with van der Waals surface area (Å²) in [6.07, 6.45) is -6.64. The predicted molar refractivity (Wildman–Crippen MR) is 87.7 cm³/mol. The molecule has 1 unspecified atom stereocenters. The molecule has 1 heterocycles. The summed E-state index contributed by atoms with van der Waals surface area (Å²) in [7, 11) is 0. The molecule has 0 radical (unpaired) electrons. The number of hydrogen-bond acceptors (Lipinski definition) is 2. The number of alkyl halides is 3. The van der Waals surface area contributed by atoms with Gasteiger partial charge in [0.2, 0.25) is 6.10 Å². The molecule has 1 aliphatic heterocycles. The Labute approximate surface area is 150 Å². The fourth-order valence-electron chi connectivity index (χ4n) is 2.72. The molecule has 0 aromatic heterocycles. The Morgan fingerprint density at radius 1 is 1.23 bits per heavy atom. The summed E-state index contributed by atoms with van der Waals surface area (Å²) in [6.45, 7) is 1.51. The van der Waals surface area contributed by atoms with Gasteiger partial charge in [-0.3, -0.25) is 0 Å². The lowest BCUT2D eigenvalue weighted by molar-refractivity contribution is -0.187. The minimum Gasteiger partial charge on any atom is -0.478 e. The molecule has 26 heavy (non-hydrogen) atoms. The van der Waals surface area contributed by atoms with Crippen LogP contribution in [0.4, 0.5) is 17.6 Å². The smallest absolute Gasteiger partial charge is 0.430 e. The highest BCUT2D eigenvalue weighted by molar-refractivity contribution is 6.31. The molecular formula is C18H11ClF4O3. The van der Waals surface area contributed by atoms with Crippen molar-refractivity contribution in [2.24, 2.45) is 0 Å². The Morgan fingerprint density at radius 2 is 1.92 bits per heavy atom. The molecule has 1 aliphatic rings. The van der Waals surface area contributed by atoms with Gasteiger partial charge in [0.15, 0.2) is 0 Å². The fourth-order valence-corrected chi connectivity index (χ4v) is 2.95. The molecule has 1 N–H and O–H groups in total. The minimum atomic E-state index is -4.92. The lowest BCUT2D eigenvalue weighted by Gasteiger charge is -2.28. The average Bonchev–Trinajstić information content (AvgIpc) is 2.54. The van der Waals surface area contributed by atoms with Crippen molar-refractivity contribution >= 4 is 23.6 Å². The monoisotopic (exact) mass is 386 g/mol. The summed E-state index contributed by atoms with van der Waals surface area (Å²) in [5.41, 5.74) is 0.0725. The normalized spacial score (nSPS) is 16.5. The van der Waals surface area contributed by atoms with E-state index in [0.29, 0.717) is 11.1 Å². The van der Waals surface area contributed by atoms with Crippen molar-refractivity contribution in [3.63, 3.8) is 0 Å². The largest absolute Gasteiger partial charge is 0.478 e. The van der Waals surface area contributed by atoms with Crippen LogP contribution >= 0.6 is 11.6 Å². The zero-order chi connectivity index (χ0) is 19.2. The second-order valence-electron chi connectivity index (χ2n) is 5.78. The van der Waals surface area contributed by atoms with Crippen molar-refractivity contribution in [3.05, 3.63) is 57.9 Å². The van der Waals surface area contributed by atoms with E-state index in [4.69, 9.17) is 21.4 Å². The van der Waals surface area contributed by atoms with Gasteiger partial charge in [-0.05, 0) is 48.4 Å². The standard InChI is InChI=1S/C18H11ClF4O3/c1-8-4-9(2-3-14(8)20)12-7-11(19)5-10-6-13(17(24)25)16(18(21,22)23)26-15(10)12/h2-7,16H,1H3,(H,24,25). The first-order valence-electron chi connectivity index (χ1n) is 7.36. The number of halogens is 5. The maximum absolute atomic E-state index is 13.5. The predicted octanol–water partition coefficient (Wildman–Crippen LogP) is 5.25. The number of rotatable bonds is 2. The van der Waals surface area contributed by atoms with Gasteiger partial charge in [0.05, 0.1) is 5.57 Å². The number of fused-ring (bicyclic) bond motifs is 1. The molecule has 0 saturated carbocycles. The maximum Gasteiger partial charge on any atom is 0.430 e. The number of carbonyl (C=O) groups is 1. The van der Waals surface area contributed by atoms with Crippen LogP contribution in [0.15, 0.2) is 35.9 Å². The summed E-state index contributed by atoms with van der Waals surface area (Å²) in [6, 6.07) is 6.72. The summed E-state index contributed by atoms with van der Waals surface area (Å²) in [5, 5.41) is 9.27. The van der Waals surface area contributed by atoms with Crippen LogP contribution in [-0.2, 0) is 4.79 Å². The average molecular weight is 387 g/mol. The molecule has 0 bridgehead atoms. The van der Waals surface area contributed by atoms with Gasteiger partial charge in [0.25, 0.3) is 0 Å². The van der Waals surface area contributed by atoms with E-state index in [0.717, 1.165) is 6.08 Å². The Morgan fingerprint density at radius 3 is 2.50 bits per heavy atom. The van der Waals surface area contributed by atoms with Gasteiger partial charge in [-0.2, -0.15) is 13.2 Å². The highest BCUT2D eigenvalue weighted by atomic mass is 35.5. The molecule has 0 fully saturated rings. The number of aliphatic carboxylic acids is 1. The highest BCUT2D eigenvalue weighted by Crippen LogP contribution is 2.44. The summed E-state index contributed by atoms with van der Waals surface area (Å²) >= 11 is 6.03. The Hall–Kier alpha value is -2.54. The quantitative estimate of drug-likeness (QED) is 0.717. The zero-order valence-electron chi connectivity index (χ0n) is 13.2. The number of carboxylic acid groups (broad SMARTS) is 1. The van der Waals surface area contributed by atoms with Crippen LogP contribution in [0.5, 0.6) is 5.75 Å². The van der Waals surface area contributed by atoms with Crippen molar-refractivity contribution in [1.82, 2.24) is 0 Å². The van der Waals surface area contributed by atoms with E-state index in [9.17, 15) is 22.4 Å². The van der Waals surface area contributed by atoms with Crippen molar-refractivity contribution in [2.75, 3.05) is 0 Å². The third kappa shape index (κ3) is 3.26. The van der Waals surface area contributed by atoms with Crippen molar-refractivity contribution < 1.29 is 32.2 Å². The van der Waals surface area contributed by atoms with Gasteiger partial charge in [0.1, 0.15) is 11.6 Å². The molecule has 3 nitrogen and oxygen atoms in total. The second-order valence-corrected chi connectivity index (χ2v) is 6.22. The molecule has 8 heteroatoms. The van der Waals surface area contributed by atoms with Crippen LogP contribution < -0.4 is 4.74 Å². The van der Waals surface area contributed by atoms with Crippen molar-refractivity contribution in [1.29, 1.82) is 0 Å². The molecule has 0 amide bonds. The topological polar surface area (TPSA) is 46.5 Å². The maximum atomic E-state index is 13.5.